The number of hydrogen-bond acceptors (Lipinski definition) is 2. The highest BCUT2D eigenvalue weighted by Crippen LogP contribution is 2.17. The van der Waals surface area contributed by atoms with Gasteiger partial charge in [-0.2, -0.15) is 0 Å². The molecule has 4 nitrogen and oxygen atoms in total. The van der Waals surface area contributed by atoms with Crippen molar-refractivity contribution in [1.29, 1.82) is 0 Å². The number of ketones is 1. The molecule has 2 aromatic carbocycles. The van der Waals surface area contributed by atoms with Crippen molar-refractivity contribution in [1.82, 2.24) is 0 Å². The van der Waals surface area contributed by atoms with Gasteiger partial charge in [0.05, 0.1) is 13.1 Å². The number of rotatable bonds is 5. The van der Waals surface area contributed by atoms with E-state index in [1.165, 1.54) is 23.0 Å². The number of benzene rings is 2. The van der Waals surface area contributed by atoms with E-state index in [-0.39, 0.29) is 11.7 Å². The molecule has 0 fully saturated rings. The summed E-state index contributed by atoms with van der Waals surface area (Å²) in [4.78, 5) is 24.8. The number of carbonyl (C=O) groups excluding carboxylic acids is 2. The lowest BCUT2D eigenvalue weighted by molar-refractivity contribution is -0.886. The average Bonchev–Trinajstić information content (AvgIpc) is 2.63. The standard InChI is InChI=1S/C21H22N2O2/c1-16(24)17-7-9-20(10-8-17)22-21(25)15-23-13-11-19(12-14-23)18-5-3-2-4-6-18/h2-11H,12-15H2,1H3,(H,22,25)/p+1. The van der Waals surface area contributed by atoms with E-state index >= 15 is 0 Å². The van der Waals surface area contributed by atoms with E-state index in [1.54, 1.807) is 24.3 Å². The van der Waals surface area contributed by atoms with Gasteiger partial charge in [0.2, 0.25) is 0 Å². The van der Waals surface area contributed by atoms with Crippen molar-refractivity contribution in [3.63, 3.8) is 0 Å². The zero-order valence-electron chi connectivity index (χ0n) is 14.4. The molecule has 1 heterocycles. The lowest BCUT2D eigenvalue weighted by atomic mass is 10.00. The van der Waals surface area contributed by atoms with Gasteiger partial charge in [0.15, 0.2) is 12.3 Å². The van der Waals surface area contributed by atoms with Crippen LogP contribution in [0.1, 0.15) is 29.3 Å². The molecular weight excluding hydrogens is 312 g/mol. The molecule has 1 aliphatic rings. The molecule has 2 aromatic rings. The number of Topliss-reactive ketones (excluding diaryl/α,β-unsaturated/α-hetero) is 1. The Morgan fingerprint density at radius 1 is 1.04 bits per heavy atom. The smallest absolute Gasteiger partial charge is 0.279 e. The number of carbonyl (C=O) groups is 2. The molecule has 3 rings (SSSR count). The largest absolute Gasteiger partial charge is 0.324 e. The molecule has 0 spiro atoms. The average molecular weight is 335 g/mol. The van der Waals surface area contributed by atoms with Gasteiger partial charge in [-0.25, -0.2) is 0 Å². The fourth-order valence-corrected chi connectivity index (χ4v) is 3.08. The Balaban J connectivity index is 1.52. The third kappa shape index (κ3) is 4.64. The molecule has 4 heteroatoms. The Labute approximate surface area is 148 Å². The molecule has 1 amide bonds. The molecule has 0 saturated heterocycles. The van der Waals surface area contributed by atoms with Gasteiger partial charge in [-0.1, -0.05) is 30.3 Å². The lowest BCUT2D eigenvalue weighted by Gasteiger charge is -2.23. The molecule has 0 aliphatic carbocycles. The Bertz CT molecular complexity index is 779. The summed E-state index contributed by atoms with van der Waals surface area (Å²) in [6, 6.07) is 17.4. The topological polar surface area (TPSA) is 50.6 Å². The molecule has 1 aliphatic heterocycles. The van der Waals surface area contributed by atoms with Crippen molar-refractivity contribution in [2.24, 2.45) is 0 Å². The van der Waals surface area contributed by atoms with Gasteiger partial charge in [-0.05, 0) is 48.4 Å². The number of anilines is 1. The first-order valence-corrected chi connectivity index (χ1v) is 8.60. The summed E-state index contributed by atoms with van der Waals surface area (Å²) in [6.45, 7) is 3.80. The highest BCUT2D eigenvalue weighted by molar-refractivity contribution is 5.95. The van der Waals surface area contributed by atoms with Crippen LogP contribution in [0.3, 0.4) is 0 Å². The van der Waals surface area contributed by atoms with Crippen LogP contribution in [0.25, 0.3) is 5.57 Å². The SMILES string of the molecule is CC(=O)c1ccc(NC(=O)C[NH+]2CC=C(c3ccccc3)CC2)cc1. The molecule has 25 heavy (non-hydrogen) atoms. The van der Waals surface area contributed by atoms with Crippen molar-refractivity contribution in [2.75, 3.05) is 25.0 Å². The highest BCUT2D eigenvalue weighted by Gasteiger charge is 2.18. The number of hydrogen-bond donors (Lipinski definition) is 2. The van der Waals surface area contributed by atoms with Gasteiger partial charge in [0.1, 0.15) is 0 Å². The summed E-state index contributed by atoms with van der Waals surface area (Å²) in [6.07, 6.45) is 3.23. The van der Waals surface area contributed by atoms with Crippen LogP contribution in [0.15, 0.2) is 60.7 Å². The molecule has 0 saturated carbocycles. The summed E-state index contributed by atoms with van der Waals surface area (Å²) < 4.78 is 0. The molecule has 128 valence electrons. The minimum absolute atomic E-state index is 0.00198. The van der Waals surface area contributed by atoms with Crippen molar-refractivity contribution in [3.05, 3.63) is 71.8 Å². The maximum atomic E-state index is 12.2. The first kappa shape index (κ1) is 17.1. The first-order valence-electron chi connectivity index (χ1n) is 8.60. The van der Waals surface area contributed by atoms with Gasteiger partial charge >= 0.3 is 0 Å². The summed E-state index contributed by atoms with van der Waals surface area (Å²) in [7, 11) is 0. The van der Waals surface area contributed by atoms with E-state index in [0.717, 1.165) is 25.2 Å². The summed E-state index contributed by atoms with van der Waals surface area (Å²) in [5.74, 6) is 0.0266. The first-order chi connectivity index (χ1) is 12.1. The molecule has 1 atom stereocenters. The minimum Gasteiger partial charge on any atom is -0.324 e. The van der Waals surface area contributed by atoms with Crippen molar-refractivity contribution in [3.8, 4) is 0 Å². The Kier molecular flexibility index (Phi) is 5.41. The second kappa shape index (κ2) is 7.90. The van der Waals surface area contributed by atoms with E-state index in [4.69, 9.17) is 0 Å². The van der Waals surface area contributed by atoms with E-state index < -0.39 is 0 Å². The Morgan fingerprint density at radius 2 is 1.76 bits per heavy atom. The van der Waals surface area contributed by atoms with Gasteiger partial charge in [0.25, 0.3) is 5.91 Å². The summed E-state index contributed by atoms with van der Waals surface area (Å²) >= 11 is 0. The van der Waals surface area contributed by atoms with Crippen LogP contribution in [-0.4, -0.2) is 31.3 Å². The van der Waals surface area contributed by atoms with Crippen molar-refractivity contribution in [2.45, 2.75) is 13.3 Å². The number of quaternary nitrogens is 1. The van der Waals surface area contributed by atoms with E-state index in [0.29, 0.717) is 12.1 Å². The third-order valence-electron chi connectivity index (χ3n) is 4.52. The van der Waals surface area contributed by atoms with Crippen molar-refractivity contribution < 1.29 is 14.5 Å². The van der Waals surface area contributed by atoms with Crippen LogP contribution < -0.4 is 10.2 Å². The molecule has 0 aromatic heterocycles. The minimum atomic E-state index is 0.00198. The second-order valence-corrected chi connectivity index (χ2v) is 6.41. The highest BCUT2D eigenvalue weighted by atomic mass is 16.2. The summed E-state index contributed by atoms with van der Waals surface area (Å²) in [5.41, 5.74) is 4.02. The van der Waals surface area contributed by atoms with Crippen LogP contribution in [0.2, 0.25) is 0 Å². The number of amides is 1. The number of nitrogens with one attached hydrogen (secondary N) is 2. The molecular formula is C21H23N2O2+. The Hall–Kier alpha value is -2.72. The lowest BCUT2D eigenvalue weighted by Crippen LogP contribution is -3.13. The maximum Gasteiger partial charge on any atom is 0.279 e. The predicted molar refractivity (Wildman–Crippen MR) is 99.7 cm³/mol. The van der Waals surface area contributed by atoms with Crippen LogP contribution in [0, 0.1) is 0 Å². The fourth-order valence-electron chi connectivity index (χ4n) is 3.08. The molecule has 2 N–H and O–H groups in total. The molecule has 0 radical (unpaired) electrons. The van der Waals surface area contributed by atoms with E-state index in [9.17, 15) is 9.59 Å². The van der Waals surface area contributed by atoms with Crippen molar-refractivity contribution >= 4 is 23.0 Å². The van der Waals surface area contributed by atoms with E-state index in [2.05, 4.69) is 35.7 Å². The monoisotopic (exact) mass is 335 g/mol. The predicted octanol–water partition coefficient (Wildman–Crippen LogP) is 2.20. The van der Waals surface area contributed by atoms with Gasteiger partial charge in [-0.3, -0.25) is 9.59 Å². The second-order valence-electron chi connectivity index (χ2n) is 6.41. The van der Waals surface area contributed by atoms with Gasteiger partial charge in [-0.15, -0.1) is 0 Å². The maximum absolute atomic E-state index is 12.2. The van der Waals surface area contributed by atoms with Crippen LogP contribution in [0.4, 0.5) is 5.69 Å². The molecule has 1 unspecified atom stereocenters. The van der Waals surface area contributed by atoms with Gasteiger partial charge in [0, 0.05) is 17.7 Å². The zero-order chi connectivity index (χ0) is 17.6. The normalized spacial score (nSPS) is 16.8. The van der Waals surface area contributed by atoms with Gasteiger partial charge < -0.3 is 10.2 Å². The van der Waals surface area contributed by atoms with E-state index in [1.807, 2.05) is 6.07 Å². The third-order valence-corrected chi connectivity index (χ3v) is 4.52. The molecule has 0 bridgehead atoms. The van der Waals surface area contributed by atoms with Crippen LogP contribution in [-0.2, 0) is 4.79 Å². The quantitative estimate of drug-likeness (QED) is 0.823. The zero-order valence-corrected chi connectivity index (χ0v) is 14.4. The van der Waals surface area contributed by atoms with Crippen LogP contribution in [0.5, 0.6) is 0 Å². The fraction of sp³-hybridized carbons (Fsp3) is 0.238. The van der Waals surface area contributed by atoms with Crippen LogP contribution >= 0.6 is 0 Å². The Morgan fingerprint density at radius 3 is 2.36 bits per heavy atom. The summed E-state index contributed by atoms with van der Waals surface area (Å²) in [5, 5.41) is 2.91.